The molecular formula is C27H20N2O6. The van der Waals surface area contributed by atoms with E-state index in [1.165, 1.54) is 5.01 Å². The van der Waals surface area contributed by atoms with Crippen LogP contribution in [0.15, 0.2) is 97.8 Å². The molecule has 1 aliphatic heterocycles. The van der Waals surface area contributed by atoms with Gasteiger partial charge < -0.3 is 18.0 Å². The number of nitrogens with zero attached hydrogens (tertiary/aromatic N) is 2. The topological polar surface area (TPSA) is 98.4 Å². The summed E-state index contributed by atoms with van der Waals surface area (Å²) < 4.78 is 22.0. The van der Waals surface area contributed by atoms with Crippen molar-refractivity contribution in [2.75, 3.05) is 6.61 Å². The van der Waals surface area contributed by atoms with Crippen molar-refractivity contribution >= 4 is 39.3 Å². The van der Waals surface area contributed by atoms with E-state index in [4.69, 9.17) is 18.0 Å². The third-order valence-electron chi connectivity index (χ3n) is 6.07. The first kappa shape index (κ1) is 21.0. The van der Waals surface area contributed by atoms with E-state index in [1.807, 2.05) is 36.4 Å². The van der Waals surface area contributed by atoms with E-state index in [1.54, 1.807) is 43.1 Å². The minimum atomic E-state index is -0.530. The maximum absolute atomic E-state index is 13.0. The molecule has 35 heavy (non-hydrogen) atoms. The number of furan rings is 3. The van der Waals surface area contributed by atoms with Crippen molar-refractivity contribution in [3.63, 3.8) is 0 Å². The minimum absolute atomic E-state index is 0.0171. The van der Waals surface area contributed by atoms with Gasteiger partial charge in [0.2, 0.25) is 0 Å². The van der Waals surface area contributed by atoms with Gasteiger partial charge >= 0.3 is 5.97 Å². The van der Waals surface area contributed by atoms with Crippen LogP contribution in [0.4, 0.5) is 0 Å². The zero-order valence-electron chi connectivity index (χ0n) is 18.5. The van der Waals surface area contributed by atoms with Gasteiger partial charge in [-0.15, -0.1) is 0 Å². The molecule has 0 aliphatic carbocycles. The Morgan fingerprint density at radius 3 is 2.66 bits per heavy atom. The van der Waals surface area contributed by atoms with E-state index in [0.29, 0.717) is 34.8 Å². The summed E-state index contributed by atoms with van der Waals surface area (Å²) in [6.07, 6.45) is 5.07. The summed E-state index contributed by atoms with van der Waals surface area (Å²) in [7, 11) is 0. The first-order valence-corrected chi connectivity index (χ1v) is 11.2. The van der Waals surface area contributed by atoms with E-state index >= 15 is 0 Å². The van der Waals surface area contributed by atoms with E-state index in [0.717, 1.165) is 16.2 Å². The molecule has 0 saturated heterocycles. The Hall–Kier alpha value is -4.59. The predicted molar refractivity (Wildman–Crippen MR) is 127 cm³/mol. The Bertz CT molecular complexity index is 1550. The van der Waals surface area contributed by atoms with Crippen molar-refractivity contribution in [2.45, 2.75) is 18.9 Å². The first-order valence-electron chi connectivity index (χ1n) is 11.2. The highest BCUT2D eigenvalue weighted by Gasteiger charge is 2.36. The number of rotatable bonds is 6. The van der Waals surface area contributed by atoms with Gasteiger partial charge in [0.1, 0.15) is 28.9 Å². The Morgan fingerprint density at radius 2 is 1.83 bits per heavy atom. The lowest BCUT2D eigenvalue weighted by Gasteiger charge is -2.19. The van der Waals surface area contributed by atoms with Crippen molar-refractivity contribution in [1.29, 1.82) is 0 Å². The molecule has 1 atom stereocenters. The number of carbonyl (C=O) groups excluding carboxylic acids is 2. The monoisotopic (exact) mass is 468 g/mol. The van der Waals surface area contributed by atoms with Crippen LogP contribution in [-0.4, -0.2) is 29.2 Å². The van der Waals surface area contributed by atoms with Gasteiger partial charge in [0.25, 0.3) is 5.91 Å². The number of hydrogen-bond acceptors (Lipinski definition) is 7. The minimum Gasteiger partial charge on any atom is -0.467 e. The standard InChI is InChI=1S/C27H20N2O6/c30-25(29-21(23-8-4-12-33-23)14-20(28-29)22-7-3-11-32-22)16-35-26(31)13-18-15-34-24-10-9-17-5-1-2-6-19(17)27(18)24/h1-12,15,21H,13-14,16H2. The first-order chi connectivity index (χ1) is 17.2. The largest absolute Gasteiger partial charge is 0.467 e. The van der Waals surface area contributed by atoms with Gasteiger partial charge in [0, 0.05) is 17.4 Å². The SMILES string of the molecule is O=C(Cc1coc2ccc3ccccc3c12)OCC(=O)N1N=C(c2ccco2)CC1c1ccco1. The fraction of sp³-hybridized carbons (Fsp3) is 0.148. The molecule has 0 N–H and O–H groups in total. The van der Waals surface area contributed by atoms with E-state index < -0.39 is 24.5 Å². The number of esters is 1. The molecule has 0 fully saturated rings. The van der Waals surface area contributed by atoms with Crippen LogP contribution in [-0.2, 0) is 20.7 Å². The normalized spacial score (nSPS) is 15.6. The van der Waals surface area contributed by atoms with Gasteiger partial charge in [0.15, 0.2) is 6.61 Å². The average molecular weight is 468 g/mol. The Morgan fingerprint density at radius 1 is 0.971 bits per heavy atom. The van der Waals surface area contributed by atoms with Crippen LogP contribution in [0.5, 0.6) is 0 Å². The highest BCUT2D eigenvalue weighted by atomic mass is 16.5. The Balaban J connectivity index is 1.18. The summed E-state index contributed by atoms with van der Waals surface area (Å²) >= 11 is 0. The van der Waals surface area contributed by atoms with Crippen LogP contribution < -0.4 is 0 Å². The van der Waals surface area contributed by atoms with Crippen molar-refractivity contribution in [1.82, 2.24) is 5.01 Å². The van der Waals surface area contributed by atoms with Crippen LogP contribution >= 0.6 is 0 Å². The highest BCUT2D eigenvalue weighted by molar-refractivity contribution is 6.08. The molecule has 6 rings (SSSR count). The molecule has 0 spiro atoms. The van der Waals surface area contributed by atoms with Crippen LogP contribution in [0.1, 0.15) is 29.5 Å². The molecule has 0 bridgehead atoms. The van der Waals surface area contributed by atoms with E-state index in [-0.39, 0.29) is 6.42 Å². The zero-order chi connectivity index (χ0) is 23.8. The number of fused-ring (bicyclic) bond motifs is 3. The third kappa shape index (κ3) is 3.89. The molecule has 3 aromatic heterocycles. The fourth-order valence-corrected chi connectivity index (χ4v) is 4.45. The van der Waals surface area contributed by atoms with Gasteiger partial charge in [-0.25, -0.2) is 5.01 Å². The molecule has 0 saturated carbocycles. The Kier molecular flexibility index (Phi) is 5.18. The van der Waals surface area contributed by atoms with Crippen molar-refractivity contribution in [3.05, 3.63) is 96.5 Å². The number of ether oxygens (including phenoxy) is 1. The molecule has 0 radical (unpaired) electrons. The molecule has 2 aromatic carbocycles. The van der Waals surface area contributed by atoms with Gasteiger partial charge in [-0.1, -0.05) is 30.3 Å². The van der Waals surface area contributed by atoms with E-state index in [9.17, 15) is 9.59 Å². The van der Waals surface area contributed by atoms with E-state index in [2.05, 4.69) is 5.10 Å². The van der Waals surface area contributed by atoms with Crippen LogP contribution in [0, 0.1) is 0 Å². The quantitative estimate of drug-likeness (QED) is 0.316. The summed E-state index contributed by atoms with van der Waals surface area (Å²) in [5.74, 6) is 0.182. The summed E-state index contributed by atoms with van der Waals surface area (Å²) in [5, 5.41) is 8.65. The fourth-order valence-electron chi connectivity index (χ4n) is 4.45. The molecule has 8 heteroatoms. The zero-order valence-corrected chi connectivity index (χ0v) is 18.5. The number of benzene rings is 2. The molecule has 5 aromatic rings. The maximum atomic E-state index is 13.0. The van der Waals surface area contributed by atoms with Gasteiger partial charge in [-0.2, -0.15) is 5.10 Å². The number of carbonyl (C=O) groups is 2. The summed E-state index contributed by atoms with van der Waals surface area (Å²) in [6.45, 7) is -0.443. The van der Waals surface area contributed by atoms with Gasteiger partial charge in [-0.3, -0.25) is 9.59 Å². The summed E-state index contributed by atoms with van der Waals surface area (Å²) in [6, 6.07) is 18.4. The van der Waals surface area contributed by atoms with Crippen molar-refractivity contribution in [3.8, 4) is 0 Å². The second-order valence-corrected chi connectivity index (χ2v) is 8.26. The predicted octanol–water partition coefficient (Wildman–Crippen LogP) is 5.24. The lowest BCUT2D eigenvalue weighted by Crippen LogP contribution is -2.31. The molecule has 8 nitrogen and oxygen atoms in total. The molecule has 4 heterocycles. The van der Waals surface area contributed by atoms with Crippen molar-refractivity contribution in [2.24, 2.45) is 5.10 Å². The van der Waals surface area contributed by atoms with Gasteiger partial charge in [-0.05, 0) is 41.1 Å². The third-order valence-corrected chi connectivity index (χ3v) is 6.07. The van der Waals surface area contributed by atoms with Crippen molar-refractivity contribution < 1.29 is 27.6 Å². The van der Waals surface area contributed by atoms with Crippen LogP contribution in [0.25, 0.3) is 21.7 Å². The number of hydrazone groups is 1. The maximum Gasteiger partial charge on any atom is 0.310 e. The molecular weight excluding hydrogens is 448 g/mol. The second kappa shape index (κ2) is 8.64. The second-order valence-electron chi connectivity index (χ2n) is 8.26. The number of hydrogen-bond donors (Lipinski definition) is 0. The Labute approximate surface area is 199 Å². The number of amides is 1. The lowest BCUT2D eigenvalue weighted by molar-refractivity contribution is -0.152. The molecule has 1 aliphatic rings. The molecule has 1 amide bonds. The van der Waals surface area contributed by atoms with Crippen LogP contribution in [0.3, 0.4) is 0 Å². The van der Waals surface area contributed by atoms with Crippen LogP contribution in [0.2, 0.25) is 0 Å². The highest BCUT2D eigenvalue weighted by Crippen LogP contribution is 2.33. The average Bonchev–Trinajstić information content (AvgIpc) is 3.68. The summed E-state index contributed by atoms with van der Waals surface area (Å²) in [4.78, 5) is 25.7. The molecule has 174 valence electrons. The smallest absolute Gasteiger partial charge is 0.310 e. The lowest BCUT2D eigenvalue weighted by atomic mass is 10.0. The molecule has 1 unspecified atom stereocenters. The van der Waals surface area contributed by atoms with Gasteiger partial charge in [0.05, 0.1) is 25.2 Å². The summed E-state index contributed by atoms with van der Waals surface area (Å²) in [5.41, 5.74) is 2.02.